The number of carbonyl (C=O) groups excluding carboxylic acids is 1. The first-order chi connectivity index (χ1) is 19.6. The second-order valence-corrected chi connectivity index (χ2v) is 14.2. The summed E-state index contributed by atoms with van der Waals surface area (Å²) in [5.74, 6) is -0.674. The Balaban J connectivity index is 1.36. The molecule has 2 aliphatic rings. The van der Waals surface area contributed by atoms with E-state index >= 15 is 0 Å². The number of nitrogens with zero attached hydrogens (tertiary/aromatic N) is 3. The summed E-state index contributed by atoms with van der Waals surface area (Å²) < 4.78 is 66.1. The van der Waals surface area contributed by atoms with Crippen molar-refractivity contribution >= 4 is 70.0 Å². The summed E-state index contributed by atoms with van der Waals surface area (Å²) in [4.78, 5) is 60.4. The van der Waals surface area contributed by atoms with Crippen LogP contribution >= 0.6 is 47.0 Å². The molecule has 1 amide bonds. The van der Waals surface area contributed by atoms with Crippen LogP contribution in [0, 0.1) is 4.64 Å². The molecule has 7 unspecified atom stereocenters. The topological polar surface area (TPSA) is 289 Å². The van der Waals surface area contributed by atoms with Crippen molar-refractivity contribution in [3.63, 3.8) is 0 Å². The van der Waals surface area contributed by atoms with Crippen LogP contribution in [0.2, 0.25) is 0 Å². The van der Waals surface area contributed by atoms with E-state index < -0.39 is 66.8 Å². The van der Waals surface area contributed by atoms with E-state index in [1.807, 2.05) is 16.8 Å². The molecule has 20 nitrogen and oxygen atoms in total. The number of amides is 1. The molecule has 2 fully saturated rings. The minimum Gasteiger partial charge on any atom is -0.369 e. The monoisotopic (exact) mass is 690 g/mol. The molecule has 3 aromatic heterocycles. The van der Waals surface area contributed by atoms with E-state index in [0.29, 0.717) is 0 Å². The normalized spacial score (nSPS) is 27.0. The van der Waals surface area contributed by atoms with Gasteiger partial charge in [-0.25, -0.2) is 23.7 Å². The van der Waals surface area contributed by atoms with Crippen LogP contribution in [-0.4, -0.2) is 76.2 Å². The number of nitrogens with two attached hydrogens (primary N) is 1. The predicted molar refractivity (Wildman–Crippen MR) is 141 cm³/mol. The number of anilines is 1. The van der Waals surface area contributed by atoms with Crippen molar-refractivity contribution in [2.45, 2.75) is 37.4 Å². The lowest BCUT2D eigenvalue weighted by atomic mass is 10.1. The summed E-state index contributed by atoms with van der Waals surface area (Å²) in [6.07, 6.45) is -4.70. The predicted octanol–water partition coefficient (Wildman–Crippen LogP) is 0.800. The highest BCUT2D eigenvalue weighted by molar-refractivity contribution is 7.71. The summed E-state index contributed by atoms with van der Waals surface area (Å²) in [6.45, 7) is -0.675. The Hall–Kier alpha value is -1.97. The Labute approximate surface area is 243 Å². The van der Waals surface area contributed by atoms with E-state index in [-0.39, 0.29) is 28.3 Å². The second-order valence-electron chi connectivity index (χ2n) is 8.61. The van der Waals surface area contributed by atoms with Crippen molar-refractivity contribution in [1.29, 1.82) is 0 Å². The van der Waals surface area contributed by atoms with Gasteiger partial charge in [0.05, 0.1) is 12.9 Å². The minimum absolute atomic E-state index is 0.0396. The first kappa shape index (κ1) is 31.5. The van der Waals surface area contributed by atoms with E-state index in [0.717, 1.165) is 5.56 Å². The molecule has 0 aliphatic carbocycles. The Morgan fingerprint density at radius 1 is 1.17 bits per heavy atom. The lowest BCUT2D eigenvalue weighted by Crippen LogP contribution is -2.37. The molecular weight excluding hydrogens is 669 g/mol. The van der Waals surface area contributed by atoms with E-state index in [1.54, 1.807) is 0 Å². The maximum absolute atomic E-state index is 12.8. The number of rotatable bonds is 11. The molecule has 0 aromatic carbocycles. The van der Waals surface area contributed by atoms with Gasteiger partial charge in [0.25, 0.3) is 5.91 Å². The first-order valence-electron chi connectivity index (χ1n) is 11.4. The molecule has 42 heavy (non-hydrogen) atoms. The smallest absolute Gasteiger partial charge is 0.369 e. The van der Waals surface area contributed by atoms with Crippen LogP contribution in [0.1, 0.15) is 11.8 Å². The first-order valence-corrected chi connectivity index (χ1v) is 17.2. The number of phosphoric ester groups is 1. The van der Waals surface area contributed by atoms with E-state index in [2.05, 4.69) is 28.9 Å². The molecule has 230 valence electrons. The number of hydrogen-bond acceptors (Lipinski definition) is 15. The molecule has 2 saturated heterocycles. The molecule has 3 aromatic rings. The highest BCUT2D eigenvalue weighted by Crippen LogP contribution is 2.66. The van der Waals surface area contributed by atoms with Crippen LogP contribution in [0.5, 0.6) is 0 Å². The zero-order chi connectivity index (χ0) is 30.4. The molecule has 0 radical (unpaired) electrons. The highest BCUT2D eigenvalue weighted by Gasteiger charge is 2.56. The number of carbonyl (C=O) groups is 1. The summed E-state index contributed by atoms with van der Waals surface area (Å²) in [7, 11) is -16.8. The fourth-order valence-electron chi connectivity index (χ4n) is 4.10. The highest BCUT2D eigenvalue weighted by atomic mass is 32.1. The van der Waals surface area contributed by atoms with Gasteiger partial charge in [-0.15, -0.1) is 0 Å². The van der Waals surface area contributed by atoms with Crippen LogP contribution in [0.25, 0.3) is 11.2 Å². The van der Waals surface area contributed by atoms with Crippen molar-refractivity contribution in [2.75, 3.05) is 12.3 Å². The molecule has 2 aliphatic heterocycles. The molecular formula is C17H21N6O14P3S2. The Kier molecular flexibility index (Phi) is 8.87. The number of imidazole rings is 1. The molecule has 0 saturated carbocycles. The SMILES string of the molecule is Nc1nc(=S)c2ncn(C3OC(COP(=O)(O)OP(=O)(O)OP(=O)(O)O)C4OC(C(=O)NCc5ccsc5)OC43)c2[nH]1. The Morgan fingerprint density at radius 2 is 1.90 bits per heavy atom. The third kappa shape index (κ3) is 7.21. The Morgan fingerprint density at radius 3 is 2.60 bits per heavy atom. The van der Waals surface area contributed by atoms with Gasteiger partial charge in [-0.2, -0.15) is 20.0 Å². The van der Waals surface area contributed by atoms with Crippen molar-refractivity contribution in [3.8, 4) is 0 Å². The van der Waals surface area contributed by atoms with Crippen molar-refractivity contribution in [1.82, 2.24) is 24.8 Å². The number of nitrogen functional groups attached to an aromatic ring is 1. The summed E-state index contributed by atoms with van der Waals surface area (Å²) in [5.41, 5.74) is 7.14. The van der Waals surface area contributed by atoms with Gasteiger partial charge in [-0.05, 0) is 22.4 Å². The van der Waals surface area contributed by atoms with Gasteiger partial charge >= 0.3 is 23.5 Å². The van der Waals surface area contributed by atoms with Gasteiger partial charge in [-0.1, -0.05) is 12.2 Å². The molecule has 7 atom stereocenters. The summed E-state index contributed by atoms with van der Waals surface area (Å²) in [6, 6.07) is 1.81. The number of hydrogen-bond donors (Lipinski definition) is 7. The number of thiophene rings is 1. The second kappa shape index (κ2) is 11.8. The fourth-order valence-corrected chi connectivity index (χ4v) is 8.05. The third-order valence-electron chi connectivity index (χ3n) is 5.66. The van der Waals surface area contributed by atoms with Crippen LogP contribution in [-0.2, 0) is 52.4 Å². The minimum atomic E-state index is -5.75. The third-order valence-corrected chi connectivity index (χ3v) is 10.5. The van der Waals surface area contributed by atoms with E-state index in [1.165, 1.54) is 22.2 Å². The van der Waals surface area contributed by atoms with E-state index in [9.17, 15) is 28.3 Å². The fraction of sp³-hybridized carbons (Fsp3) is 0.412. The largest absolute Gasteiger partial charge is 0.490 e. The quantitative estimate of drug-likeness (QED) is 0.108. The Bertz CT molecular complexity index is 1680. The maximum Gasteiger partial charge on any atom is 0.490 e. The van der Waals surface area contributed by atoms with Crippen molar-refractivity contribution in [2.24, 2.45) is 0 Å². The van der Waals surface area contributed by atoms with Gasteiger partial charge in [0, 0.05) is 6.54 Å². The number of nitrogens with one attached hydrogen (secondary N) is 2. The standard InChI is InChI=1S/C17H21N6O14P3S2/c18-17-21-12-9(14(41)22-17)20-6-23(12)15-11-10(34-16(35-11)13(24)19-3-7-1-2-42-5-7)8(33-15)4-32-39(28,29)37-40(30,31)36-38(25,26)27/h1-2,5-6,8,10-11,15-16H,3-4H2,(H,19,24)(H,28,29)(H,30,31)(H2,25,26,27)(H3,18,21,22,41). The van der Waals surface area contributed by atoms with Gasteiger partial charge in [0.2, 0.25) is 6.29 Å². The lowest BCUT2D eigenvalue weighted by Gasteiger charge is -2.22. The molecule has 5 rings (SSSR count). The molecule has 0 spiro atoms. The van der Waals surface area contributed by atoms with Crippen molar-refractivity contribution in [3.05, 3.63) is 33.4 Å². The molecule has 8 N–H and O–H groups in total. The molecule has 5 heterocycles. The van der Waals surface area contributed by atoms with Crippen LogP contribution in [0.15, 0.2) is 23.2 Å². The number of aromatic amines is 1. The number of phosphoric acid groups is 3. The van der Waals surface area contributed by atoms with Crippen LogP contribution in [0.4, 0.5) is 5.95 Å². The average Bonchev–Trinajstić information content (AvgIpc) is 3.63. The van der Waals surface area contributed by atoms with Crippen molar-refractivity contribution < 1.29 is 65.4 Å². The number of ether oxygens (including phenoxy) is 3. The summed E-state index contributed by atoms with van der Waals surface area (Å²) in [5, 5.41) is 6.34. The van der Waals surface area contributed by atoms with Gasteiger partial charge in [0.15, 0.2) is 16.8 Å². The van der Waals surface area contributed by atoms with E-state index in [4.69, 9.17) is 46.5 Å². The average molecular weight is 690 g/mol. The zero-order valence-corrected chi connectivity index (χ0v) is 24.9. The van der Waals surface area contributed by atoms with Gasteiger partial charge < -0.3 is 49.8 Å². The van der Waals surface area contributed by atoms with Crippen LogP contribution < -0.4 is 11.1 Å². The van der Waals surface area contributed by atoms with Gasteiger partial charge in [0.1, 0.15) is 29.5 Å². The summed E-state index contributed by atoms with van der Waals surface area (Å²) >= 11 is 6.63. The number of H-pyrrole nitrogens is 1. The van der Waals surface area contributed by atoms with Crippen LogP contribution in [0.3, 0.4) is 0 Å². The number of fused-ring (bicyclic) bond motifs is 2. The lowest BCUT2D eigenvalue weighted by molar-refractivity contribution is -0.171. The molecule has 25 heteroatoms. The number of aromatic nitrogens is 4. The van der Waals surface area contributed by atoms with Gasteiger partial charge in [-0.3, -0.25) is 13.9 Å². The zero-order valence-electron chi connectivity index (χ0n) is 20.6. The maximum atomic E-state index is 12.8. The molecule has 0 bridgehead atoms.